The summed E-state index contributed by atoms with van der Waals surface area (Å²) in [5.41, 5.74) is 1.11. The Bertz CT molecular complexity index is 633. The van der Waals surface area contributed by atoms with Gasteiger partial charge in [0.1, 0.15) is 0 Å². The topological polar surface area (TPSA) is 68.1 Å². The van der Waals surface area contributed by atoms with Gasteiger partial charge in [-0.2, -0.15) is 10.1 Å². The molecule has 6 nitrogen and oxygen atoms in total. The van der Waals surface area contributed by atoms with Gasteiger partial charge in [-0.25, -0.2) is 9.48 Å². The van der Waals surface area contributed by atoms with Crippen molar-refractivity contribution >= 4 is 5.91 Å². The van der Waals surface area contributed by atoms with Gasteiger partial charge < -0.3 is 4.90 Å². The number of carbonyl (C=O) groups excluding carboxylic acids is 1. The van der Waals surface area contributed by atoms with Crippen LogP contribution in [0.4, 0.5) is 0 Å². The van der Waals surface area contributed by atoms with Gasteiger partial charge in [0.05, 0.1) is 18.9 Å². The van der Waals surface area contributed by atoms with Crippen LogP contribution in [0.5, 0.6) is 0 Å². The van der Waals surface area contributed by atoms with Gasteiger partial charge in [-0.15, -0.1) is 0 Å². The number of benzene rings is 1. The van der Waals surface area contributed by atoms with Crippen molar-refractivity contribution in [1.29, 1.82) is 0 Å². The lowest BCUT2D eigenvalue weighted by Crippen LogP contribution is -2.25. The van der Waals surface area contributed by atoms with Gasteiger partial charge in [-0.1, -0.05) is 26.0 Å². The molecule has 1 aromatic heterocycles. The SMILES string of the molecule is CC.CN(C)C(=O)c1ccc(Cn2nccnc2=O)cc1. The molecule has 0 atom stereocenters. The molecule has 0 bridgehead atoms. The smallest absolute Gasteiger partial charge is 0.345 e. The minimum absolute atomic E-state index is 0.0526. The molecule has 0 N–H and O–H groups in total. The highest BCUT2D eigenvalue weighted by Crippen LogP contribution is 2.06. The van der Waals surface area contributed by atoms with E-state index < -0.39 is 5.69 Å². The maximum Gasteiger partial charge on any atom is 0.364 e. The number of amides is 1. The fraction of sp³-hybridized carbons (Fsp3) is 0.333. The Labute approximate surface area is 124 Å². The summed E-state index contributed by atoms with van der Waals surface area (Å²) >= 11 is 0. The Morgan fingerprint density at radius 1 is 1.14 bits per heavy atom. The lowest BCUT2D eigenvalue weighted by molar-refractivity contribution is 0.0827. The molecule has 0 aliphatic carbocycles. The highest BCUT2D eigenvalue weighted by Gasteiger charge is 2.07. The molecule has 21 heavy (non-hydrogen) atoms. The van der Waals surface area contributed by atoms with Crippen LogP contribution in [0.25, 0.3) is 0 Å². The van der Waals surface area contributed by atoms with Crippen LogP contribution in [0.3, 0.4) is 0 Å². The first kappa shape index (κ1) is 16.6. The van der Waals surface area contributed by atoms with Gasteiger partial charge in [0.15, 0.2) is 0 Å². The van der Waals surface area contributed by atoms with Crippen molar-refractivity contribution in [1.82, 2.24) is 19.7 Å². The number of hydrogen-bond donors (Lipinski definition) is 0. The first-order valence-electron chi connectivity index (χ1n) is 6.76. The predicted molar refractivity (Wildman–Crippen MR) is 81.2 cm³/mol. The van der Waals surface area contributed by atoms with Crippen LogP contribution >= 0.6 is 0 Å². The summed E-state index contributed by atoms with van der Waals surface area (Å²) in [5.74, 6) is -0.0526. The Hall–Kier alpha value is -2.50. The molecular weight excluding hydrogens is 268 g/mol. The summed E-state index contributed by atoms with van der Waals surface area (Å²) in [6, 6.07) is 7.08. The van der Waals surface area contributed by atoms with E-state index in [1.807, 2.05) is 13.8 Å². The molecule has 0 saturated carbocycles. The van der Waals surface area contributed by atoms with Crippen LogP contribution in [0.15, 0.2) is 41.5 Å². The number of aromatic nitrogens is 3. The van der Waals surface area contributed by atoms with Gasteiger partial charge in [-0.3, -0.25) is 4.79 Å². The average Bonchev–Trinajstić information content (AvgIpc) is 2.51. The van der Waals surface area contributed by atoms with Crippen molar-refractivity contribution in [3.8, 4) is 0 Å². The second-order valence-corrected chi connectivity index (χ2v) is 4.28. The van der Waals surface area contributed by atoms with Gasteiger partial charge in [-0.05, 0) is 17.7 Å². The Morgan fingerprint density at radius 3 is 2.29 bits per heavy atom. The maximum absolute atomic E-state index is 11.7. The molecular formula is C15H20N4O2. The summed E-state index contributed by atoms with van der Waals surface area (Å²) in [6.07, 6.45) is 2.82. The monoisotopic (exact) mass is 288 g/mol. The lowest BCUT2D eigenvalue weighted by atomic mass is 10.1. The first-order chi connectivity index (χ1) is 10.1. The van der Waals surface area contributed by atoms with Crippen molar-refractivity contribution in [3.63, 3.8) is 0 Å². The summed E-state index contributed by atoms with van der Waals surface area (Å²) in [5, 5.41) is 3.93. The molecule has 112 valence electrons. The minimum atomic E-state index is -0.393. The summed E-state index contributed by atoms with van der Waals surface area (Å²) in [6.45, 7) is 4.34. The molecule has 0 aliphatic rings. The molecule has 2 rings (SSSR count). The van der Waals surface area contributed by atoms with Crippen LogP contribution in [0, 0.1) is 0 Å². The quantitative estimate of drug-likeness (QED) is 0.856. The molecule has 1 amide bonds. The third-order valence-electron chi connectivity index (χ3n) is 2.62. The second kappa shape index (κ2) is 7.94. The van der Waals surface area contributed by atoms with Crippen LogP contribution < -0.4 is 5.69 Å². The van der Waals surface area contributed by atoms with E-state index >= 15 is 0 Å². The second-order valence-electron chi connectivity index (χ2n) is 4.28. The van der Waals surface area contributed by atoms with Crippen LogP contribution in [-0.2, 0) is 6.54 Å². The largest absolute Gasteiger partial charge is 0.364 e. The van der Waals surface area contributed by atoms with Crippen LogP contribution in [-0.4, -0.2) is 39.7 Å². The summed E-state index contributed by atoms with van der Waals surface area (Å²) in [7, 11) is 3.41. The fourth-order valence-corrected chi connectivity index (χ4v) is 1.62. The Kier molecular flexibility index (Phi) is 6.26. The van der Waals surface area contributed by atoms with Crippen molar-refractivity contribution in [2.24, 2.45) is 0 Å². The first-order valence-corrected chi connectivity index (χ1v) is 6.76. The van der Waals surface area contributed by atoms with E-state index in [-0.39, 0.29) is 5.91 Å². The molecule has 0 saturated heterocycles. The number of hydrogen-bond acceptors (Lipinski definition) is 4. The zero-order valence-electron chi connectivity index (χ0n) is 12.8. The highest BCUT2D eigenvalue weighted by atomic mass is 16.2. The lowest BCUT2D eigenvalue weighted by Gasteiger charge is -2.10. The molecule has 2 aromatic rings. The minimum Gasteiger partial charge on any atom is -0.345 e. The van der Waals surface area contributed by atoms with Crippen molar-refractivity contribution in [2.75, 3.05) is 14.1 Å². The molecule has 0 fully saturated rings. The summed E-state index contributed by atoms with van der Waals surface area (Å²) < 4.78 is 1.27. The van der Waals surface area contributed by atoms with E-state index in [4.69, 9.17) is 0 Å². The number of carbonyl (C=O) groups is 1. The zero-order valence-corrected chi connectivity index (χ0v) is 12.8. The molecule has 1 aromatic carbocycles. The van der Waals surface area contributed by atoms with Gasteiger partial charge in [0.25, 0.3) is 5.91 Å². The van der Waals surface area contributed by atoms with Gasteiger partial charge in [0.2, 0.25) is 0 Å². The average molecular weight is 288 g/mol. The molecule has 0 unspecified atom stereocenters. The van der Waals surface area contributed by atoms with E-state index in [0.717, 1.165) is 5.56 Å². The van der Waals surface area contributed by atoms with Gasteiger partial charge in [0, 0.05) is 19.7 Å². The molecule has 0 spiro atoms. The van der Waals surface area contributed by atoms with Crippen molar-refractivity contribution in [2.45, 2.75) is 20.4 Å². The molecule has 0 aliphatic heterocycles. The van der Waals surface area contributed by atoms with Crippen molar-refractivity contribution < 1.29 is 4.79 Å². The third-order valence-corrected chi connectivity index (χ3v) is 2.62. The van der Waals surface area contributed by atoms with E-state index in [9.17, 15) is 9.59 Å². The van der Waals surface area contributed by atoms with E-state index in [1.165, 1.54) is 22.0 Å². The van der Waals surface area contributed by atoms with Crippen LogP contribution in [0.1, 0.15) is 29.8 Å². The van der Waals surface area contributed by atoms with E-state index in [0.29, 0.717) is 12.1 Å². The maximum atomic E-state index is 11.7. The summed E-state index contributed by atoms with van der Waals surface area (Å²) in [4.78, 5) is 28.3. The molecule has 1 heterocycles. The van der Waals surface area contributed by atoms with E-state index in [2.05, 4.69) is 10.1 Å². The predicted octanol–water partition coefficient (Wildman–Crippen LogP) is 1.41. The van der Waals surface area contributed by atoms with Crippen LogP contribution in [0.2, 0.25) is 0 Å². The normalized spacial score (nSPS) is 9.52. The zero-order chi connectivity index (χ0) is 15.8. The Morgan fingerprint density at radius 2 is 1.76 bits per heavy atom. The third kappa shape index (κ3) is 4.52. The Balaban J connectivity index is 0.00000106. The number of rotatable bonds is 3. The number of nitrogens with zero attached hydrogens (tertiary/aromatic N) is 4. The standard InChI is InChI=1S/C13H14N4O2.C2H6/c1-16(2)12(18)11-5-3-10(4-6-11)9-17-13(19)14-7-8-15-17;1-2/h3-8H,9H2,1-2H3;1-2H3. The highest BCUT2D eigenvalue weighted by molar-refractivity contribution is 5.93. The molecule has 6 heteroatoms. The van der Waals surface area contributed by atoms with Gasteiger partial charge >= 0.3 is 5.69 Å². The van der Waals surface area contributed by atoms with E-state index in [1.54, 1.807) is 38.4 Å². The van der Waals surface area contributed by atoms with Crippen molar-refractivity contribution in [3.05, 3.63) is 58.3 Å². The fourth-order valence-electron chi connectivity index (χ4n) is 1.62. The molecule has 0 radical (unpaired) electrons.